The van der Waals surface area contributed by atoms with Gasteiger partial charge >= 0.3 is 0 Å². The smallest absolute Gasteiger partial charge is 0.197 e. The minimum absolute atomic E-state index is 0.261. The van der Waals surface area contributed by atoms with Gasteiger partial charge in [0.15, 0.2) is 16.6 Å². The lowest BCUT2D eigenvalue weighted by molar-refractivity contribution is 0.283. The number of nitrogens with two attached hydrogens (primary N) is 1. The van der Waals surface area contributed by atoms with Crippen molar-refractivity contribution >= 4 is 22.4 Å². The van der Waals surface area contributed by atoms with Crippen LogP contribution in [0.25, 0.3) is 0 Å². The average molecular weight is 231 g/mol. The number of hydrogen-bond donors (Lipinski definition) is 3. The molecule has 1 aromatic rings. The molecule has 0 bridgehead atoms. The van der Waals surface area contributed by atoms with Crippen LogP contribution < -0.4 is 15.8 Å². The summed E-state index contributed by atoms with van der Waals surface area (Å²) in [7, 11) is 1.58. The molecule has 86 valence electrons. The molecule has 0 aliphatic rings. The Morgan fingerprint density at radius 2 is 2.27 bits per heavy atom. The Hall–Kier alpha value is -1.01. The largest absolute Gasteiger partial charge is 0.490 e. The summed E-state index contributed by atoms with van der Waals surface area (Å²) in [6, 6.07) is 0. The Morgan fingerprint density at radius 3 is 2.93 bits per heavy atom. The second-order valence-corrected chi connectivity index (χ2v) is 3.91. The van der Waals surface area contributed by atoms with E-state index in [9.17, 15) is 0 Å². The minimum Gasteiger partial charge on any atom is -0.490 e. The lowest BCUT2D eigenvalue weighted by Gasteiger charge is -2.05. The molecular formula is C9H17N3O2S. The summed E-state index contributed by atoms with van der Waals surface area (Å²) in [5.41, 5.74) is 5.61. The molecule has 1 aromatic heterocycles. The second-order valence-electron chi connectivity index (χ2n) is 3.14. The van der Waals surface area contributed by atoms with E-state index in [1.54, 1.807) is 7.11 Å². The van der Waals surface area contributed by atoms with E-state index in [0.29, 0.717) is 11.6 Å². The number of ether oxygens (including phenoxy) is 1. The average Bonchev–Trinajstić information content (AvgIpc) is 2.59. The van der Waals surface area contributed by atoms with Gasteiger partial charge in [-0.15, -0.1) is 0 Å². The fourth-order valence-corrected chi connectivity index (χ4v) is 1.93. The van der Waals surface area contributed by atoms with Crippen LogP contribution in [-0.2, 0) is 0 Å². The van der Waals surface area contributed by atoms with E-state index in [2.05, 4.69) is 9.69 Å². The summed E-state index contributed by atoms with van der Waals surface area (Å²) in [5, 5.41) is 12.7. The van der Waals surface area contributed by atoms with Crippen molar-refractivity contribution in [1.82, 2.24) is 4.37 Å². The van der Waals surface area contributed by atoms with Crippen molar-refractivity contribution in [2.75, 3.05) is 31.3 Å². The van der Waals surface area contributed by atoms with Crippen LogP contribution >= 0.6 is 11.5 Å². The molecule has 0 aromatic carbocycles. The molecule has 15 heavy (non-hydrogen) atoms. The standard InChI is InChI=1S/C9H17N3O2S/c1-14-7-8(10)12-15-9(7)11-5-3-2-4-6-13/h11,13H,2-6H2,1H3,(H2,10,12). The van der Waals surface area contributed by atoms with Gasteiger partial charge in [0.05, 0.1) is 7.11 Å². The highest BCUT2D eigenvalue weighted by atomic mass is 32.1. The van der Waals surface area contributed by atoms with Crippen LogP contribution in [0.2, 0.25) is 0 Å². The van der Waals surface area contributed by atoms with Gasteiger partial charge in [-0.25, -0.2) is 0 Å². The van der Waals surface area contributed by atoms with Crippen LogP contribution in [0.4, 0.5) is 10.8 Å². The first-order chi connectivity index (χ1) is 7.29. The molecule has 0 unspecified atom stereocenters. The SMILES string of the molecule is COc1c(N)nsc1NCCCCCO. The molecule has 1 heterocycles. The summed E-state index contributed by atoms with van der Waals surface area (Å²) in [5.74, 6) is 1.06. The fraction of sp³-hybridized carbons (Fsp3) is 0.667. The number of aliphatic hydroxyl groups is 1. The predicted octanol–water partition coefficient (Wildman–Crippen LogP) is 1.31. The monoisotopic (exact) mass is 231 g/mol. The van der Waals surface area contributed by atoms with Gasteiger partial charge in [-0.3, -0.25) is 0 Å². The van der Waals surface area contributed by atoms with Crippen LogP contribution in [0.1, 0.15) is 19.3 Å². The molecule has 5 nitrogen and oxygen atoms in total. The van der Waals surface area contributed by atoms with E-state index in [-0.39, 0.29) is 6.61 Å². The zero-order valence-electron chi connectivity index (χ0n) is 8.82. The van der Waals surface area contributed by atoms with Crippen molar-refractivity contribution < 1.29 is 9.84 Å². The summed E-state index contributed by atoms with van der Waals surface area (Å²) in [4.78, 5) is 0. The number of nitrogens with one attached hydrogen (secondary N) is 1. The third-order valence-electron chi connectivity index (χ3n) is 2.00. The number of aliphatic hydroxyl groups excluding tert-OH is 1. The molecule has 0 atom stereocenters. The highest BCUT2D eigenvalue weighted by Gasteiger charge is 2.10. The van der Waals surface area contributed by atoms with Crippen LogP contribution in [0.15, 0.2) is 0 Å². The van der Waals surface area contributed by atoms with Gasteiger partial charge in [-0.1, -0.05) is 0 Å². The van der Waals surface area contributed by atoms with Gasteiger partial charge in [0.2, 0.25) is 0 Å². The summed E-state index contributed by atoms with van der Waals surface area (Å²) in [6.07, 6.45) is 2.88. The quantitative estimate of drug-likeness (QED) is 0.616. The number of nitrogens with zero attached hydrogens (tertiary/aromatic N) is 1. The Labute approximate surface area is 93.4 Å². The molecule has 0 aliphatic carbocycles. The molecule has 0 saturated carbocycles. The third-order valence-corrected chi connectivity index (χ3v) is 2.80. The number of nitrogen functional groups attached to an aromatic ring is 1. The van der Waals surface area contributed by atoms with Crippen molar-refractivity contribution in [2.45, 2.75) is 19.3 Å². The van der Waals surface area contributed by atoms with Crippen molar-refractivity contribution in [2.24, 2.45) is 0 Å². The summed E-state index contributed by atoms with van der Waals surface area (Å²) in [6.45, 7) is 1.11. The van der Waals surface area contributed by atoms with Crippen molar-refractivity contribution in [3.63, 3.8) is 0 Å². The highest BCUT2D eigenvalue weighted by Crippen LogP contribution is 2.34. The van der Waals surface area contributed by atoms with Gasteiger partial charge in [0.25, 0.3) is 0 Å². The zero-order chi connectivity index (χ0) is 11.1. The lowest BCUT2D eigenvalue weighted by Crippen LogP contribution is -2.02. The Morgan fingerprint density at radius 1 is 1.47 bits per heavy atom. The molecule has 6 heteroatoms. The first-order valence-corrected chi connectivity index (χ1v) is 5.70. The summed E-state index contributed by atoms with van der Waals surface area (Å²) >= 11 is 1.30. The lowest BCUT2D eigenvalue weighted by atomic mass is 10.2. The van der Waals surface area contributed by atoms with Crippen molar-refractivity contribution in [1.29, 1.82) is 0 Å². The number of rotatable bonds is 7. The Balaban J connectivity index is 2.30. The number of aromatic nitrogens is 1. The highest BCUT2D eigenvalue weighted by molar-refractivity contribution is 7.11. The van der Waals surface area contributed by atoms with Gasteiger partial charge in [-0.2, -0.15) is 4.37 Å². The van der Waals surface area contributed by atoms with E-state index in [1.807, 2.05) is 0 Å². The van der Waals surface area contributed by atoms with Gasteiger partial charge in [0, 0.05) is 13.2 Å². The van der Waals surface area contributed by atoms with E-state index >= 15 is 0 Å². The Kier molecular flexibility index (Phi) is 5.20. The van der Waals surface area contributed by atoms with E-state index in [4.69, 9.17) is 15.6 Å². The number of unbranched alkanes of at least 4 members (excludes halogenated alkanes) is 2. The third kappa shape index (κ3) is 3.56. The zero-order valence-corrected chi connectivity index (χ0v) is 9.64. The molecule has 0 spiro atoms. The maximum atomic E-state index is 8.60. The van der Waals surface area contributed by atoms with Crippen LogP contribution in [-0.4, -0.2) is 29.7 Å². The first kappa shape index (κ1) is 12.1. The first-order valence-electron chi connectivity index (χ1n) is 4.93. The maximum Gasteiger partial charge on any atom is 0.197 e. The topological polar surface area (TPSA) is 80.4 Å². The Bertz CT molecular complexity index is 291. The van der Waals surface area contributed by atoms with Crippen molar-refractivity contribution in [3.05, 3.63) is 0 Å². The van der Waals surface area contributed by atoms with Crippen LogP contribution in [0.5, 0.6) is 5.75 Å². The van der Waals surface area contributed by atoms with Crippen LogP contribution in [0, 0.1) is 0 Å². The second kappa shape index (κ2) is 6.47. The maximum absolute atomic E-state index is 8.60. The predicted molar refractivity (Wildman–Crippen MR) is 62.5 cm³/mol. The molecule has 0 amide bonds. The van der Waals surface area contributed by atoms with Gasteiger partial charge < -0.3 is 20.9 Å². The van der Waals surface area contributed by atoms with Crippen LogP contribution in [0.3, 0.4) is 0 Å². The van der Waals surface area contributed by atoms with Gasteiger partial charge in [0.1, 0.15) is 0 Å². The molecule has 1 rings (SSSR count). The normalized spacial score (nSPS) is 10.3. The van der Waals surface area contributed by atoms with Crippen molar-refractivity contribution in [3.8, 4) is 5.75 Å². The summed E-state index contributed by atoms with van der Waals surface area (Å²) < 4.78 is 9.11. The van der Waals surface area contributed by atoms with E-state index in [1.165, 1.54) is 11.5 Å². The number of methoxy groups -OCH3 is 1. The fourth-order valence-electron chi connectivity index (χ4n) is 1.22. The van der Waals surface area contributed by atoms with Gasteiger partial charge in [-0.05, 0) is 30.8 Å². The number of hydrogen-bond acceptors (Lipinski definition) is 6. The van der Waals surface area contributed by atoms with E-state index in [0.717, 1.165) is 30.8 Å². The molecule has 0 aliphatic heterocycles. The molecule has 0 saturated heterocycles. The molecule has 0 radical (unpaired) electrons. The molecule has 4 N–H and O–H groups in total. The molecule has 0 fully saturated rings. The minimum atomic E-state index is 0.261. The molecular weight excluding hydrogens is 214 g/mol. The van der Waals surface area contributed by atoms with E-state index < -0.39 is 0 Å². The number of anilines is 2.